The molecule has 1 aromatic carbocycles. The normalized spacial score (nSPS) is 17.8. The molecule has 1 fully saturated rings. The van der Waals surface area contributed by atoms with Crippen molar-refractivity contribution in [3.63, 3.8) is 0 Å². The molecule has 26 heavy (non-hydrogen) atoms. The molecule has 2 heterocycles. The Labute approximate surface area is 160 Å². The first-order chi connectivity index (χ1) is 12.1. The number of carbonyl (C=O) groups excluding carboxylic acids is 1. The molecule has 0 spiro atoms. The topological polar surface area (TPSA) is 68.2 Å². The molecule has 142 valence electrons. The van der Waals surface area contributed by atoms with Gasteiger partial charge in [0.2, 0.25) is 0 Å². The minimum Gasteiger partial charge on any atom is -0.489 e. The largest absolute Gasteiger partial charge is 0.489 e. The van der Waals surface area contributed by atoms with Crippen LogP contribution in [0.15, 0.2) is 36.5 Å². The predicted octanol–water partition coefficient (Wildman–Crippen LogP) is 2.74. The van der Waals surface area contributed by atoms with Gasteiger partial charge in [-0.3, -0.25) is 9.48 Å². The summed E-state index contributed by atoms with van der Waals surface area (Å²) in [7, 11) is 0. The second-order valence-corrected chi connectivity index (χ2v) is 6.59. The van der Waals surface area contributed by atoms with Crippen LogP contribution in [0.3, 0.4) is 0 Å². The third-order valence-electron chi connectivity index (χ3n) is 4.46. The number of nitrogens with one attached hydrogen (secondary N) is 2. The van der Waals surface area contributed by atoms with Crippen molar-refractivity contribution in [2.45, 2.75) is 38.8 Å². The molecule has 1 aliphatic rings. The van der Waals surface area contributed by atoms with Crippen molar-refractivity contribution in [1.82, 2.24) is 20.4 Å². The lowest BCUT2D eigenvalue weighted by molar-refractivity contribution is 0.0925. The highest BCUT2D eigenvalue weighted by Crippen LogP contribution is 2.18. The number of aryl methyl sites for hydroxylation is 1. The van der Waals surface area contributed by atoms with Crippen molar-refractivity contribution in [2.75, 3.05) is 19.6 Å². The van der Waals surface area contributed by atoms with Gasteiger partial charge in [-0.2, -0.15) is 5.10 Å². The number of halogens is 1. The lowest BCUT2D eigenvalue weighted by atomic mass is 10.1. The predicted molar refractivity (Wildman–Crippen MR) is 104 cm³/mol. The van der Waals surface area contributed by atoms with Gasteiger partial charge in [0.25, 0.3) is 5.91 Å². The van der Waals surface area contributed by atoms with E-state index in [9.17, 15) is 4.79 Å². The number of hydrogen-bond donors (Lipinski definition) is 2. The van der Waals surface area contributed by atoms with E-state index in [2.05, 4.69) is 15.7 Å². The third-order valence-corrected chi connectivity index (χ3v) is 4.46. The summed E-state index contributed by atoms with van der Waals surface area (Å²) in [6.07, 6.45) is 4.01. The maximum atomic E-state index is 12.3. The van der Waals surface area contributed by atoms with E-state index in [0.717, 1.165) is 37.2 Å². The van der Waals surface area contributed by atoms with E-state index in [-0.39, 0.29) is 24.4 Å². The Balaban J connectivity index is 0.00000243. The van der Waals surface area contributed by atoms with Gasteiger partial charge in [0, 0.05) is 12.7 Å². The number of rotatable bonds is 6. The summed E-state index contributed by atoms with van der Waals surface area (Å²) in [6, 6.07) is 9.98. The number of amides is 1. The average molecular weight is 379 g/mol. The molecule has 2 atom stereocenters. The number of carbonyl (C=O) groups is 1. The summed E-state index contributed by atoms with van der Waals surface area (Å²) in [5.74, 6) is 0.682. The lowest BCUT2D eigenvalue weighted by Crippen LogP contribution is -2.34. The fourth-order valence-corrected chi connectivity index (χ4v) is 3.00. The molecule has 0 aliphatic carbocycles. The number of para-hydroxylation sites is 1. The number of ether oxygens (including phenoxy) is 1. The summed E-state index contributed by atoms with van der Waals surface area (Å²) in [5.41, 5.74) is 1.54. The Morgan fingerprint density at radius 3 is 2.96 bits per heavy atom. The molecule has 1 saturated heterocycles. The SMILES string of the molecule is Cc1ccccc1OC(C)CNC(=O)c1ccn(C2CCCNC2)n1.Cl. The van der Waals surface area contributed by atoms with Crippen molar-refractivity contribution < 1.29 is 9.53 Å². The van der Waals surface area contributed by atoms with E-state index in [1.807, 2.05) is 49.0 Å². The van der Waals surface area contributed by atoms with Gasteiger partial charge in [0.1, 0.15) is 17.5 Å². The average Bonchev–Trinajstić information content (AvgIpc) is 3.13. The highest BCUT2D eigenvalue weighted by molar-refractivity contribution is 5.92. The molecule has 2 unspecified atom stereocenters. The van der Waals surface area contributed by atoms with E-state index in [4.69, 9.17) is 4.74 Å². The van der Waals surface area contributed by atoms with Crippen LogP contribution in [-0.2, 0) is 0 Å². The monoisotopic (exact) mass is 378 g/mol. The second kappa shape index (κ2) is 9.59. The molecule has 2 aromatic rings. The zero-order chi connectivity index (χ0) is 17.6. The maximum absolute atomic E-state index is 12.3. The van der Waals surface area contributed by atoms with Crippen molar-refractivity contribution in [3.8, 4) is 5.75 Å². The van der Waals surface area contributed by atoms with Crippen molar-refractivity contribution >= 4 is 18.3 Å². The Morgan fingerprint density at radius 2 is 2.23 bits per heavy atom. The van der Waals surface area contributed by atoms with Gasteiger partial charge < -0.3 is 15.4 Å². The van der Waals surface area contributed by atoms with Gasteiger partial charge in [-0.25, -0.2) is 0 Å². The van der Waals surface area contributed by atoms with Crippen LogP contribution >= 0.6 is 12.4 Å². The van der Waals surface area contributed by atoms with Crippen LogP contribution < -0.4 is 15.4 Å². The molecule has 6 nitrogen and oxygen atoms in total. The Morgan fingerprint density at radius 1 is 1.42 bits per heavy atom. The van der Waals surface area contributed by atoms with Gasteiger partial charge >= 0.3 is 0 Å². The van der Waals surface area contributed by atoms with Crippen molar-refractivity contribution in [3.05, 3.63) is 47.8 Å². The number of nitrogens with zero attached hydrogens (tertiary/aromatic N) is 2. The summed E-state index contributed by atoms with van der Waals surface area (Å²) >= 11 is 0. The van der Waals surface area contributed by atoms with E-state index < -0.39 is 0 Å². The van der Waals surface area contributed by atoms with E-state index >= 15 is 0 Å². The Hall–Kier alpha value is -2.05. The van der Waals surface area contributed by atoms with E-state index in [1.165, 1.54) is 0 Å². The standard InChI is InChI=1S/C19H26N4O2.ClH/c1-14-6-3-4-8-18(14)25-15(2)12-21-19(24)17-9-11-23(22-17)16-7-5-10-20-13-16;/h3-4,6,8-9,11,15-16,20H,5,7,10,12-13H2,1-2H3,(H,21,24);1H. The molecule has 0 saturated carbocycles. The third kappa shape index (κ3) is 5.22. The van der Waals surface area contributed by atoms with E-state index in [1.54, 1.807) is 6.07 Å². The molecule has 1 aromatic heterocycles. The number of piperidine rings is 1. The summed E-state index contributed by atoms with van der Waals surface area (Å²) in [5, 5.41) is 10.7. The van der Waals surface area contributed by atoms with Gasteiger partial charge in [0.05, 0.1) is 12.6 Å². The van der Waals surface area contributed by atoms with Crippen molar-refractivity contribution in [1.29, 1.82) is 0 Å². The lowest BCUT2D eigenvalue weighted by Gasteiger charge is -2.22. The molecule has 1 aliphatic heterocycles. The highest BCUT2D eigenvalue weighted by Gasteiger charge is 2.18. The summed E-state index contributed by atoms with van der Waals surface area (Å²) < 4.78 is 7.78. The first-order valence-corrected chi connectivity index (χ1v) is 8.90. The van der Waals surface area contributed by atoms with Crippen LogP contribution in [-0.4, -0.2) is 41.4 Å². The molecule has 7 heteroatoms. The molecule has 3 rings (SSSR count). The minimum absolute atomic E-state index is 0. The fourth-order valence-electron chi connectivity index (χ4n) is 3.00. The number of aromatic nitrogens is 2. The molecule has 1 amide bonds. The Bertz CT molecular complexity index is 713. The van der Waals surface area contributed by atoms with Crippen molar-refractivity contribution in [2.24, 2.45) is 0 Å². The molecule has 2 N–H and O–H groups in total. The number of benzene rings is 1. The quantitative estimate of drug-likeness (QED) is 0.811. The summed E-state index contributed by atoms with van der Waals surface area (Å²) in [4.78, 5) is 12.3. The van der Waals surface area contributed by atoms with Crippen LogP contribution in [0.4, 0.5) is 0 Å². The molecule has 0 bridgehead atoms. The first-order valence-electron chi connectivity index (χ1n) is 8.90. The van der Waals surface area contributed by atoms with Crippen LogP contribution in [0, 0.1) is 6.92 Å². The highest BCUT2D eigenvalue weighted by atomic mass is 35.5. The zero-order valence-corrected chi connectivity index (χ0v) is 16.1. The van der Waals surface area contributed by atoms with Crippen LogP contribution in [0.2, 0.25) is 0 Å². The summed E-state index contributed by atoms with van der Waals surface area (Å²) in [6.45, 7) is 6.35. The smallest absolute Gasteiger partial charge is 0.271 e. The fraction of sp³-hybridized carbons (Fsp3) is 0.474. The first kappa shape index (κ1) is 20.3. The second-order valence-electron chi connectivity index (χ2n) is 6.59. The minimum atomic E-state index is -0.164. The van der Waals surface area contributed by atoms with Crippen LogP contribution in [0.1, 0.15) is 41.9 Å². The van der Waals surface area contributed by atoms with E-state index in [0.29, 0.717) is 18.3 Å². The molecular weight excluding hydrogens is 352 g/mol. The number of hydrogen-bond acceptors (Lipinski definition) is 4. The van der Waals surface area contributed by atoms with Crippen LogP contribution in [0.5, 0.6) is 5.75 Å². The van der Waals surface area contributed by atoms with Gasteiger partial charge in [0.15, 0.2) is 0 Å². The van der Waals surface area contributed by atoms with Crippen LogP contribution in [0.25, 0.3) is 0 Å². The van der Waals surface area contributed by atoms with Gasteiger partial charge in [-0.15, -0.1) is 12.4 Å². The molecule has 0 radical (unpaired) electrons. The Kier molecular flexibility index (Phi) is 7.48. The molecular formula is C19H27ClN4O2. The maximum Gasteiger partial charge on any atom is 0.271 e. The van der Waals surface area contributed by atoms with Gasteiger partial charge in [-0.05, 0) is 50.9 Å². The van der Waals surface area contributed by atoms with Gasteiger partial charge in [-0.1, -0.05) is 18.2 Å². The zero-order valence-electron chi connectivity index (χ0n) is 15.3.